The van der Waals surface area contributed by atoms with Crippen LogP contribution in [-0.2, 0) is 12.0 Å². The highest BCUT2D eigenvalue weighted by atomic mass is 16.5. The molecule has 2 fully saturated rings. The molecule has 2 aliphatic heterocycles. The van der Waals surface area contributed by atoms with Gasteiger partial charge in [-0.2, -0.15) is 4.98 Å². The lowest BCUT2D eigenvalue weighted by Gasteiger charge is -2.37. The van der Waals surface area contributed by atoms with Gasteiger partial charge in [-0.1, -0.05) is 25.9 Å². The van der Waals surface area contributed by atoms with E-state index in [1.807, 2.05) is 0 Å². The minimum absolute atomic E-state index is 0.0457. The second kappa shape index (κ2) is 6.02. The van der Waals surface area contributed by atoms with Crippen molar-refractivity contribution in [2.75, 3.05) is 39.3 Å². The zero-order valence-corrected chi connectivity index (χ0v) is 13.4. The third-order valence-corrected chi connectivity index (χ3v) is 4.46. The van der Waals surface area contributed by atoms with Crippen molar-refractivity contribution in [2.24, 2.45) is 0 Å². The fourth-order valence-electron chi connectivity index (χ4n) is 3.05. The molecule has 6 nitrogen and oxygen atoms in total. The molecule has 0 saturated carbocycles. The zero-order chi connectivity index (χ0) is 14.9. The summed E-state index contributed by atoms with van der Waals surface area (Å²) in [7, 11) is 0. The maximum absolute atomic E-state index is 5.39. The summed E-state index contributed by atoms with van der Waals surface area (Å²) in [5.41, 5.74) is -0.0457. The summed E-state index contributed by atoms with van der Waals surface area (Å²) < 4.78 is 5.39. The van der Waals surface area contributed by atoms with Crippen molar-refractivity contribution >= 4 is 0 Å². The molecule has 118 valence electrons. The summed E-state index contributed by atoms with van der Waals surface area (Å²) in [5, 5.41) is 7.55. The summed E-state index contributed by atoms with van der Waals surface area (Å²) in [4.78, 5) is 9.56. The number of aromatic nitrogens is 2. The monoisotopic (exact) mass is 293 g/mol. The van der Waals surface area contributed by atoms with Crippen molar-refractivity contribution in [3.05, 3.63) is 11.7 Å². The lowest BCUT2D eigenvalue weighted by molar-refractivity contribution is 0.0908. The minimum Gasteiger partial charge on any atom is -0.338 e. The van der Waals surface area contributed by atoms with Crippen LogP contribution in [0.15, 0.2) is 4.52 Å². The summed E-state index contributed by atoms with van der Waals surface area (Å²) in [6.45, 7) is 13.9. The Bertz CT molecular complexity index is 453. The first-order valence-corrected chi connectivity index (χ1v) is 8.02. The summed E-state index contributed by atoms with van der Waals surface area (Å²) >= 11 is 0. The van der Waals surface area contributed by atoms with Crippen molar-refractivity contribution in [1.29, 1.82) is 0 Å². The maximum Gasteiger partial charge on any atom is 0.240 e. The Morgan fingerprint density at radius 3 is 2.57 bits per heavy atom. The van der Waals surface area contributed by atoms with E-state index >= 15 is 0 Å². The third-order valence-electron chi connectivity index (χ3n) is 4.46. The van der Waals surface area contributed by atoms with Crippen molar-refractivity contribution in [2.45, 2.75) is 45.2 Å². The molecule has 0 amide bonds. The van der Waals surface area contributed by atoms with Gasteiger partial charge in [0.15, 0.2) is 5.82 Å². The molecule has 0 radical (unpaired) electrons. The molecule has 0 aromatic carbocycles. The Balaban J connectivity index is 1.50. The number of nitrogens with zero attached hydrogens (tertiary/aromatic N) is 4. The second-order valence-electron chi connectivity index (χ2n) is 7.22. The Morgan fingerprint density at radius 1 is 1.24 bits per heavy atom. The number of rotatable bonds is 3. The Kier molecular flexibility index (Phi) is 4.28. The molecule has 1 aromatic rings. The van der Waals surface area contributed by atoms with E-state index in [0.717, 1.165) is 57.0 Å². The van der Waals surface area contributed by atoms with Gasteiger partial charge in [-0.15, -0.1) is 0 Å². The second-order valence-corrected chi connectivity index (χ2v) is 7.22. The largest absolute Gasteiger partial charge is 0.338 e. The van der Waals surface area contributed by atoms with Gasteiger partial charge < -0.3 is 9.84 Å². The SMILES string of the molecule is CC(C)(C)c1noc(CN2CCN(C3CCNC3)CC2)n1. The van der Waals surface area contributed by atoms with E-state index in [-0.39, 0.29) is 5.41 Å². The van der Waals surface area contributed by atoms with E-state index in [1.54, 1.807) is 0 Å². The molecule has 21 heavy (non-hydrogen) atoms. The zero-order valence-electron chi connectivity index (χ0n) is 13.4. The molecule has 1 N–H and O–H groups in total. The predicted octanol–water partition coefficient (Wildman–Crippen LogP) is 0.847. The quantitative estimate of drug-likeness (QED) is 0.891. The summed E-state index contributed by atoms with van der Waals surface area (Å²) in [6, 6.07) is 0.739. The molecule has 0 aliphatic carbocycles. The Morgan fingerprint density at radius 2 is 2.00 bits per heavy atom. The molecule has 6 heteroatoms. The first-order chi connectivity index (χ1) is 10.0. The maximum atomic E-state index is 5.39. The van der Waals surface area contributed by atoms with Crippen LogP contribution in [0.2, 0.25) is 0 Å². The molecule has 1 unspecified atom stereocenters. The van der Waals surface area contributed by atoms with Gasteiger partial charge in [0, 0.05) is 44.2 Å². The topological polar surface area (TPSA) is 57.4 Å². The van der Waals surface area contributed by atoms with Crippen LogP contribution in [0, 0.1) is 0 Å². The number of piperazine rings is 1. The van der Waals surface area contributed by atoms with Crippen LogP contribution in [0.4, 0.5) is 0 Å². The smallest absolute Gasteiger partial charge is 0.240 e. The van der Waals surface area contributed by atoms with E-state index < -0.39 is 0 Å². The average molecular weight is 293 g/mol. The highest BCUT2D eigenvalue weighted by molar-refractivity contribution is 5.00. The van der Waals surface area contributed by atoms with Gasteiger partial charge in [-0.25, -0.2) is 0 Å². The van der Waals surface area contributed by atoms with Crippen LogP contribution >= 0.6 is 0 Å². The number of nitrogens with one attached hydrogen (secondary N) is 1. The van der Waals surface area contributed by atoms with Gasteiger partial charge in [0.25, 0.3) is 0 Å². The van der Waals surface area contributed by atoms with Gasteiger partial charge in [0.2, 0.25) is 5.89 Å². The van der Waals surface area contributed by atoms with E-state index in [0.29, 0.717) is 0 Å². The Hall–Kier alpha value is -0.980. The van der Waals surface area contributed by atoms with Gasteiger partial charge in [-0.05, 0) is 13.0 Å². The third kappa shape index (κ3) is 3.62. The summed E-state index contributed by atoms with van der Waals surface area (Å²) in [6.07, 6.45) is 1.29. The van der Waals surface area contributed by atoms with Crippen LogP contribution in [0.5, 0.6) is 0 Å². The molecule has 2 aliphatic rings. The Labute approximate surface area is 126 Å². The van der Waals surface area contributed by atoms with Crippen LogP contribution < -0.4 is 5.32 Å². The molecule has 2 saturated heterocycles. The van der Waals surface area contributed by atoms with Crippen LogP contribution in [0.1, 0.15) is 38.9 Å². The standard InChI is InChI=1S/C15H27N5O/c1-15(2,3)14-17-13(21-18-14)11-19-6-8-20(9-7-19)12-4-5-16-10-12/h12,16H,4-11H2,1-3H3. The van der Waals surface area contributed by atoms with E-state index in [4.69, 9.17) is 4.52 Å². The van der Waals surface area contributed by atoms with Crippen LogP contribution in [0.25, 0.3) is 0 Å². The molecule has 1 atom stereocenters. The average Bonchev–Trinajstić information content (AvgIpc) is 3.09. The van der Waals surface area contributed by atoms with Gasteiger partial charge in [0.1, 0.15) is 0 Å². The molecular weight excluding hydrogens is 266 g/mol. The first-order valence-electron chi connectivity index (χ1n) is 8.02. The lowest BCUT2D eigenvalue weighted by atomic mass is 9.96. The van der Waals surface area contributed by atoms with E-state index in [1.165, 1.54) is 13.0 Å². The lowest BCUT2D eigenvalue weighted by Crippen LogP contribution is -2.50. The van der Waals surface area contributed by atoms with Crippen molar-refractivity contribution < 1.29 is 4.52 Å². The fourth-order valence-corrected chi connectivity index (χ4v) is 3.05. The molecule has 3 rings (SSSR count). The molecule has 3 heterocycles. The van der Waals surface area contributed by atoms with Crippen molar-refractivity contribution in [3.8, 4) is 0 Å². The normalized spacial score (nSPS) is 25.6. The molecule has 1 aromatic heterocycles. The highest BCUT2D eigenvalue weighted by Crippen LogP contribution is 2.19. The minimum atomic E-state index is -0.0457. The van der Waals surface area contributed by atoms with Gasteiger partial charge in [-0.3, -0.25) is 9.80 Å². The highest BCUT2D eigenvalue weighted by Gasteiger charge is 2.27. The first kappa shape index (κ1) is 14.9. The fraction of sp³-hybridized carbons (Fsp3) is 0.867. The molecular formula is C15H27N5O. The molecule has 0 bridgehead atoms. The van der Waals surface area contributed by atoms with Gasteiger partial charge in [0.05, 0.1) is 6.54 Å². The number of hydrogen-bond acceptors (Lipinski definition) is 6. The number of hydrogen-bond donors (Lipinski definition) is 1. The molecule has 0 spiro atoms. The van der Waals surface area contributed by atoms with Crippen LogP contribution in [0.3, 0.4) is 0 Å². The van der Waals surface area contributed by atoms with Gasteiger partial charge >= 0.3 is 0 Å². The van der Waals surface area contributed by atoms with Crippen LogP contribution in [-0.4, -0.2) is 65.3 Å². The van der Waals surface area contributed by atoms with E-state index in [2.05, 4.69) is 46.0 Å². The predicted molar refractivity (Wildman–Crippen MR) is 81.1 cm³/mol. The van der Waals surface area contributed by atoms with E-state index in [9.17, 15) is 0 Å². The van der Waals surface area contributed by atoms with Crippen molar-refractivity contribution in [1.82, 2.24) is 25.3 Å². The van der Waals surface area contributed by atoms with Crippen molar-refractivity contribution in [3.63, 3.8) is 0 Å². The summed E-state index contributed by atoms with van der Waals surface area (Å²) in [5.74, 6) is 1.55.